The van der Waals surface area contributed by atoms with E-state index in [2.05, 4.69) is 31.9 Å². The summed E-state index contributed by atoms with van der Waals surface area (Å²) in [6.45, 7) is 15.8. The lowest BCUT2D eigenvalue weighted by atomic mass is 9.83. The molecule has 0 bridgehead atoms. The van der Waals surface area contributed by atoms with E-state index in [1.807, 2.05) is 45.0 Å². The lowest BCUT2D eigenvalue weighted by molar-refractivity contribution is -0.157. The fourth-order valence-electron chi connectivity index (χ4n) is 7.34. The second kappa shape index (κ2) is 23.0. The molecule has 7 N–H and O–H groups in total. The molecule has 18 heteroatoms. The van der Waals surface area contributed by atoms with Crippen LogP contribution in [0.2, 0.25) is 5.02 Å². The molecular weight excluding hydrogens is 860 g/mol. The number of carbonyl (C=O) groups is 7. The number of esters is 1. The zero-order valence-corrected chi connectivity index (χ0v) is 39.5. The average molecular weight is 926 g/mol. The number of halogens is 1. The van der Waals surface area contributed by atoms with Crippen molar-refractivity contribution in [3.63, 3.8) is 0 Å². The number of nitrogens with one attached hydrogen (secondary N) is 6. The van der Waals surface area contributed by atoms with Gasteiger partial charge in [0.25, 0.3) is 0 Å². The Hall–Kier alpha value is -5.68. The summed E-state index contributed by atoms with van der Waals surface area (Å²) in [5.74, 6) is -3.47. The number of carboxylic acid groups (broad SMARTS) is 1. The first-order chi connectivity index (χ1) is 30.5. The molecule has 17 nitrogen and oxygen atoms in total. The van der Waals surface area contributed by atoms with Crippen molar-refractivity contribution in [1.29, 1.82) is 0 Å². The molecule has 9 atom stereocenters. The van der Waals surface area contributed by atoms with Crippen molar-refractivity contribution in [2.45, 2.75) is 137 Å². The highest BCUT2D eigenvalue weighted by Crippen LogP contribution is 2.45. The number of hydrogen-bond acceptors (Lipinski definition) is 10. The lowest BCUT2D eigenvalue weighted by Crippen LogP contribution is -2.58. The van der Waals surface area contributed by atoms with E-state index in [0.29, 0.717) is 22.8 Å². The quantitative estimate of drug-likeness (QED) is 0.0969. The average Bonchev–Trinajstić information content (AvgIpc) is 4.04. The molecule has 65 heavy (non-hydrogen) atoms. The van der Waals surface area contributed by atoms with Gasteiger partial charge in [0.15, 0.2) is 0 Å². The Morgan fingerprint density at radius 1 is 0.908 bits per heavy atom. The third-order valence-electron chi connectivity index (χ3n) is 11.9. The van der Waals surface area contributed by atoms with Crippen LogP contribution in [0.25, 0.3) is 0 Å². The van der Waals surface area contributed by atoms with Gasteiger partial charge in [-0.2, -0.15) is 0 Å². The van der Waals surface area contributed by atoms with Crippen LogP contribution < -0.4 is 36.6 Å². The number of hydrogen-bond donors (Lipinski definition) is 7. The van der Waals surface area contributed by atoms with Crippen LogP contribution in [0.4, 0.5) is 4.79 Å². The smallest absolute Gasteiger partial charge is 0.405 e. The molecule has 4 rings (SSSR count). The maximum atomic E-state index is 14.0. The second-order valence-electron chi connectivity index (χ2n) is 18.2. The number of benzene rings is 2. The number of carbonyl (C=O) groups excluding carboxylic acids is 6. The second-order valence-corrected chi connectivity index (χ2v) is 18.6. The molecule has 0 radical (unpaired) electrons. The minimum absolute atomic E-state index is 0.00698. The van der Waals surface area contributed by atoms with Crippen molar-refractivity contribution in [3.8, 4) is 5.75 Å². The van der Waals surface area contributed by atoms with Crippen molar-refractivity contribution >= 4 is 53.2 Å². The molecule has 2 aromatic rings. The largest absolute Gasteiger partial charge is 0.495 e. The minimum atomic E-state index is -1.34. The van der Waals surface area contributed by atoms with Crippen molar-refractivity contribution < 1.29 is 52.9 Å². The fraction of sp³-hybridized carbons (Fsp3) is 0.553. The summed E-state index contributed by atoms with van der Waals surface area (Å²) in [6, 6.07) is 7.78. The van der Waals surface area contributed by atoms with Crippen LogP contribution in [0.3, 0.4) is 0 Å². The number of methoxy groups -OCH3 is 1. The van der Waals surface area contributed by atoms with Crippen LogP contribution in [0.5, 0.6) is 5.75 Å². The minimum Gasteiger partial charge on any atom is -0.495 e. The summed E-state index contributed by atoms with van der Waals surface area (Å²) < 4.78 is 17.6. The summed E-state index contributed by atoms with van der Waals surface area (Å²) >= 11 is 6.38. The Labute approximate surface area is 385 Å². The van der Waals surface area contributed by atoms with Gasteiger partial charge in [0.2, 0.25) is 29.5 Å². The Bertz CT molecular complexity index is 2080. The third kappa shape index (κ3) is 14.7. The molecule has 1 saturated heterocycles. The first kappa shape index (κ1) is 51.9. The first-order valence-electron chi connectivity index (χ1n) is 21.9. The van der Waals surface area contributed by atoms with Crippen LogP contribution in [0, 0.1) is 23.2 Å². The summed E-state index contributed by atoms with van der Waals surface area (Å²) in [4.78, 5) is 91.7. The molecule has 5 unspecified atom stereocenters. The van der Waals surface area contributed by atoms with Crippen molar-refractivity contribution in [2.24, 2.45) is 23.2 Å². The Morgan fingerprint density at radius 2 is 1.57 bits per heavy atom. The van der Waals surface area contributed by atoms with E-state index in [9.17, 15) is 33.6 Å². The molecule has 0 aliphatic carbocycles. The highest BCUT2D eigenvalue weighted by Gasteiger charge is 2.48. The number of amides is 6. The van der Waals surface area contributed by atoms with E-state index in [-0.39, 0.29) is 49.3 Å². The molecule has 0 saturated carbocycles. The topological polar surface area (TPSA) is 243 Å². The highest BCUT2D eigenvalue weighted by molar-refractivity contribution is 6.32. The van der Waals surface area contributed by atoms with Crippen LogP contribution >= 0.6 is 11.6 Å². The van der Waals surface area contributed by atoms with Gasteiger partial charge in [-0.05, 0) is 80.9 Å². The highest BCUT2D eigenvalue weighted by atomic mass is 35.5. The molecule has 2 aliphatic rings. The predicted octanol–water partition coefficient (Wildman–Crippen LogP) is 4.50. The third-order valence-corrected chi connectivity index (χ3v) is 12.2. The van der Waals surface area contributed by atoms with Crippen LogP contribution in [-0.4, -0.2) is 96.2 Å². The van der Waals surface area contributed by atoms with Crippen LogP contribution in [0.15, 0.2) is 54.6 Å². The van der Waals surface area contributed by atoms with Gasteiger partial charge >= 0.3 is 12.1 Å². The van der Waals surface area contributed by atoms with Crippen molar-refractivity contribution in [2.75, 3.05) is 7.11 Å². The van der Waals surface area contributed by atoms with E-state index in [0.717, 1.165) is 11.1 Å². The number of cyclic esters (lactones) is 1. The Balaban J connectivity index is 1.50. The molecule has 6 amide bonds. The number of epoxide rings is 1. The molecule has 2 aliphatic heterocycles. The molecule has 2 heterocycles. The van der Waals surface area contributed by atoms with Gasteiger partial charge in [0.1, 0.15) is 42.1 Å². The molecule has 0 spiro atoms. The summed E-state index contributed by atoms with van der Waals surface area (Å²) in [6.07, 6.45) is 0.551. The monoisotopic (exact) mass is 924 g/mol. The number of ether oxygens (including phenoxy) is 3. The predicted molar refractivity (Wildman–Crippen MR) is 243 cm³/mol. The normalized spacial score (nSPS) is 24.6. The molecule has 2 aromatic carbocycles. The Kier molecular flexibility index (Phi) is 18.4. The number of rotatable bonds is 15. The molecule has 356 valence electrons. The summed E-state index contributed by atoms with van der Waals surface area (Å²) in [7, 11) is 1.49. The van der Waals surface area contributed by atoms with Gasteiger partial charge < -0.3 is 51.2 Å². The fourth-order valence-corrected chi connectivity index (χ4v) is 7.62. The molecule has 0 aromatic heterocycles. The maximum Gasteiger partial charge on any atom is 0.405 e. The first-order valence-corrected chi connectivity index (χ1v) is 22.3. The zero-order valence-electron chi connectivity index (χ0n) is 38.8. The summed E-state index contributed by atoms with van der Waals surface area (Å²) in [5, 5.41) is 25.5. The molecule has 1 fully saturated rings. The van der Waals surface area contributed by atoms with Gasteiger partial charge in [-0.15, -0.1) is 0 Å². The van der Waals surface area contributed by atoms with Gasteiger partial charge in [-0.25, -0.2) is 9.59 Å². The standard InChI is InChI=1S/C47H65ClN6O11/c1-24(2)20-34-44(59)64-35(12-11-13-37(55)52-33(22-30-16-19-36(63-10)32(48)21-30)42(57)51-28(7)47(8,9)45(60)53-34)26(5)39-40(65-39)31-17-14-29(15-18-31)23-49-41(56)27(6)50-43(58)38(25(3)4)54-46(61)62/h11,13-19,21,24-28,33-35,38-40,54H,12,20,22-23H2,1-10H3,(H,49,56)(H,50,58)(H,51,57)(H,52,55)(H,53,60)(H,61,62)/b13-11+/t26-,27?,28?,33+,34-,35-,38?,39?,40?/m0/s1. The maximum absolute atomic E-state index is 14.0. The van der Waals surface area contributed by atoms with Gasteiger partial charge in [-0.1, -0.05) is 82.6 Å². The Morgan fingerprint density at radius 3 is 2.17 bits per heavy atom. The van der Waals surface area contributed by atoms with Crippen LogP contribution in [0.1, 0.15) is 97.9 Å². The van der Waals surface area contributed by atoms with E-state index < -0.39 is 83.3 Å². The summed E-state index contributed by atoms with van der Waals surface area (Å²) in [5.41, 5.74) is 1.09. The van der Waals surface area contributed by atoms with E-state index in [1.54, 1.807) is 58.9 Å². The van der Waals surface area contributed by atoms with E-state index in [1.165, 1.54) is 20.1 Å². The van der Waals surface area contributed by atoms with Gasteiger partial charge in [0.05, 0.1) is 23.7 Å². The SMILES string of the molecule is COc1ccc(C[C@H]2NC(=O)/C=C/C[C@@H]([C@H](C)C3OC3c3ccc(CNC(=O)C(C)NC(=O)C(NC(=O)O)C(C)C)cc3)OC(=O)[C@H](CC(C)C)NC(=O)C(C)(C)C(C)NC2=O)cc1Cl. The van der Waals surface area contributed by atoms with E-state index in [4.69, 9.17) is 30.9 Å². The lowest BCUT2D eigenvalue weighted by Gasteiger charge is -2.34. The van der Waals surface area contributed by atoms with E-state index >= 15 is 0 Å². The van der Waals surface area contributed by atoms with Crippen LogP contribution in [-0.2, 0) is 51.2 Å². The van der Waals surface area contributed by atoms with Gasteiger partial charge in [-0.3, -0.25) is 24.0 Å². The van der Waals surface area contributed by atoms with Crippen molar-refractivity contribution in [3.05, 3.63) is 76.3 Å². The van der Waals surface area contributed by atoms with Gasteiger partial charge in [0, 0.05) is 31.3 Å². The zero-order chi connectivity index (χ0) is 48.3. The van der Waals surface area contributed by atoms with Crippen molar-refractivity contribution in [1.82, 2.24) is 31.9 Å². The molecular formula is C47H65ClN6O11.